The molecule has 0 saturated carbocycles. The third-order valence-electron chi connectivity index (χ3n) is 7.15. The average molecular weight is 591 g/mol. The molecule has 7 rings (SSSR count). The predicted molar refractivity (Wildman–Crippen MR) is 172 cm³/mol. The molecular formula is C37H24BrN3. The van der Waals surface area contributed by atoms with Crippen molar-refractivity contribution in [1.82, 2.24) is 15.0 Å². The lowest BCUT2D eigenvalue weighted by molar-refractivity contribution is 1.07. The van der Waals surface area contributed by atoms with Crippen LogP contribution in [0.2, 0.25) is 0 Å². The number of rotatable bonds is 5. The first kappa shape index (κ1) is 25.1. The fourth-order valence-corrected chi connectivity index (χ4v) is 5.63. The maximum Gasteiger partial charge on any atom is 0.164 e. The van der Waals surface area contributed by atoms with E-state index in [1.807, 2.05) is 60.7 Å². The molecule has 0 amide bonds. The molecule has 3 nitrogen and oxygen atoms in total. The monoisotopic (exact) mass is 589 g/mol. The Morgan fingerprint density at radius 3 is 1.46 bits per heavy atom. The second-order valence-corrected chi connectivity index (χ2v) is 10.8. The number of hydrogen-bond donors (Lipinski definition) is 0. The normalized spacial score (nSPS) is 11.0. The highest BCUT2D eigenvalue weighted by Crippen LogP contribution is 2.35. The molecule has 194 valence electrons. The van der Waals surface area contributed by atoms with Crippen molar-refractivity contribution in [3.8, 4) is 56.4 Å². The standard InChI is InChI=1S/C37H24BrN3/c38-32-23-30-15-7-8-20-33(30)34(24-32)29-18-9-16-27(21-29)28-17-10-19-31(22-28)37-40-35(25-11-3-1-4-12-25)39-36(41-37)26-13-5-2-6-14-26/h1-24H. The molecule has 41 heavy (non-hydrogen) atoms. The topological polar surface area (TPSA) is 38.7 Å². The van der Waals surface area contributed by atoms with E-state index in [9.17, 15) is 0 Å². The molecule has 0 unspecified atom stereocenters. The highest BCUT2D eigenvalue weighted by Gasteiger charge is 2.13. The summed E-state index contributed by atoms with van der Waals surface area (Å²) < 4.78 is 1.07. The maximum absolute atomic E-state index is 4.92. The molecule has 0 aliphatic heterocycles. The lowest BCUT2D eigenvalue weighted by atomic mass is 9.95. The van der Waals surface area contributed by atoms with Crippen LogP contribution in [0.1, 0.15) is 0 Å². The summed E-state index contributed by atoms with van der Waals surface area (Å²) in [5.41, 5.74) is 7.46. The van der Waals surface area contributed by atoms with Crippen LogP contribution in [-0.2, 0) is 0 Å². The Kier molecular flexibility index (Phi) is 6.67. The van der Waals surface area contributed by atoms with E-state index >= 15 is 0 Å². The quantitative estimate of drug-likeness (QED) is 0.200. The van der Waals surface area contributed by atoms with Crippen molar-refractivity contribution in [1.29, 1.82) is 0 Å². The summed E-state index contributed by atoms with van der Waals surface area (Å²) in [7, 11) is 0. The Hall–Kier alpha value is -4.93. The summed E-state index contributed by atoms with van der Waals surface area (Å²) in [6.07, 6.45) is 0. The second-order valence-electron chi connectivity index (χ2n) is 9.87. The van der Waals surface area contributed by atoms with Gasteiger partial charge in [-0.1, -0.05) is 137 Å². The van der Waals surface area contributed by atoms with E-state index in [0.717, 1.165) is 32.3 Å². The van der Waals surface area contributed by atoms with Crippen LogP contribution in [0.3, 0.4) is 0 Å². The molecule has 0 radical (unpaired) electrons. The van der Waals surface area contributed by atoms with Crippen LogP contribution < -0.4 is 0 Å². The minimum Gasteiger partial charge on any atom is -0.208 e. The first-order chi connectivity index (χ1) is 20.2. The fourth-order valence-electron chi connectivity index (χ4n) is 5.15. The number of hydrogen-bond acceptors (Lipinski definition) is 3. The molecule has 0 N–H and O–H groups in total. The summed E-state index contributed by atoms with van der Waals surface area (Å²) in [5, 5.41) is 2.44. The smallest absolute Gasteiger partial charge is 0.164 e. The molecule has 7 aromatic rings. The van der Waals surface area contributed by atoms with E-state index in [1.54, 1.807) is 0 Å². The van der Waals surface area contributed by atoms with E-state index in [4.69, 9.17) is 15.0 Å². The summed E-state index contributed by atoms with van der Waals surface area (Å²) >= 11 is 3.71. The van der Waals surface area contributed by atoms with Gasteiger partial charge < -0.3 is 0 Å². The van der Waals surface area contributed by atoms with Gasteiger partial charge in [0.1, 0.15) is 0 Å². The van der Waals surface area contributed by atoms with E-state index < -0.39 is 0 Å². The van der Waals surface area contributed by atoms with Crippen molar-refractivity contribution in [2.75, 3.05) is 0 Å². The molecule has 0 spiro atoms. The van der Waals surface area contributed by atoms with Gasteiger partial charge in [0.2, 0.25) is 0 Å². The molecule has 0 atom stereocenters. The van der Waals surface area contributed by atoms with Gasteiger partial charge in [0.05, 0.1) is 0 Å². The largest absolute Gasteiger partial charge is 0.208 e. The lowest BCUT2D eigenvalue weighted by Crippen LogP contribution is -2.00. The molecule has 1 aromatic heterocycles. The van der Waals surface area contributed by atoms with Crippen LogP contribution >= 0.6 is 15.9 Å². The molecule has 0 bridgehead atoms. The molecule has 6 aromatic carbocycles. The molecule has 0 aliphatic carbocycles. The van der Waals surface area contributed by atoms with Crippen molar-refractivity contribution in [2.24, 2.45) is 0 Å². The van der Waals surface area contributed by atoms with Crippen LogP contribution in [0, 0.1) is 0 Å². The van der Waals surface area contributed by atoms with Crippen molar-refractivity contribution in [3.63, 3.8) is 0 Å². The van der Waals surface area contributed by atoms with E-state index in [0.29, 0.717) is 17.5 Å². The van der Waals surface area contributed by atoms with E-state index in [1.165, 1.54) is 21.9 Å². The minimum absolute atomic E-state index is 0.647. The average Bonchev–Trinajstić information content (AvgIpc) is 3.05. The SMILES string of the molecule is Brc1cc(-c2cccc(-c3cccc(-c4nc(-c5ccccc5)nc(-c5ccccc5)n4)c3)c2)c2ccccc2c1. The van der Waals surface area contributed by atoms with Crippen LogP contribution in [0.5, 0.6) is 0 Å². The summed E-state index contributed by atoms with van der Waals surface area (Å²) in [6, 6.07) is 50.1. The minimum atomic E-state index is 0.647. The van der Waals surface area contributed by atoms with Gasteiger partial charge in [-0.15, -0.1) is 0 Å². The van der Waals surface area contributed by atoms with Gasteiger partial charge in [0.15, 0.2) is 17.5 Å². The first-order valence-corrected chi connectivity index (χ1v) is 14.3. The van der Waals surface area contributed by atoms with Crippen LogP contribution in [0.4, 0.5) is 0 Å². The number of halogens is 1. The molecular weight excluding hydrogens is 566 g/mol. The molecule has 0 saturated heterocycles. The van der Waals surface area contributed by atoms with E-state index in [2.05, 4.69) is 101 Å². The van der Waals surface area contributed by atoms with Crippen molar-refractivity contribution in [3.05, 3.63) is 150 Å². The predicted octanol–water partition coefficient (Wildman–Crippen LogP) is 10.1. The van der Waals surface area contributed by atoms with Gasteiger partial charge in [0, 0.05) is 21.2 Å². The van der Waals surface area contributed by atoms with Crippen LogP contribution in [-0.4, -0.2) is 15.0 Å². The lowest BCUT2D eigenvalue weighted by Gasteiger charge is -2.12. The maximum atomic E-state index is 4.92. The zero-order valence-corrected chi connectivity index (χ0v) is 23.7. The first-order valence-electron chi connectivity index (χ1n) is 13.5. The second kappa shape index (κ2) is 10.9. The molecule has 0 fully saturated rings. The number of nitrogens with zero attached hydrogens (tertiary/aromatic N) is 3. The van der Waals surface area contributed by atoms with Crippen LogP contribution in [0.15, 0.2) is 150 Å². The number of benzene rings is 6. The highest BCUT2D eigenvalue weighted by molar-refractivity contribution is 9.10. The molecule has 1 heterocycles. The Morgan fingerprint density at radius 2 is 0.829 bits per heavy atom. The van der Waals surface area contributed by atoms with Gasteiger partial charge in [0.25, 0.3) is 0 Å². The fraction of sp³-hybridized carbons (Fsp3) is 0. The molecule has 4 heteroatoms. The van der Waals surface area contributed by atoms with Crippen LogP contribution in [0.25, 0.3) is 67.2 Å². The van der Waals surface area contributed by atoms with Gasteiger partial charge in [-0.25, -0.2) is 15.0 Å². The summed E-state index contributed by atoms with van der Waals surface area (Å²) in [4.78, 5) is 14.7. The third kappa shape index (κ3) is 5.18. The van der Waals surface area contributed by atoms with Gasteiger partial charge in [-0.2, -0.15) is 0 Å². The number of fused-ring (bicyclic) bond motifs is 1. The summed E-state index contributed by atoms with van der Waals surface area (Å²) in [5.74, 6) is 1.96. The number of aromatic nitrogens is 3. The van der Waals surface area contributed by atoms with Gasteiger partial charge in [-0.3, -0.25) is 0 Å². The Labute approximate surface area is 247 Å². The highest BCUT2D eigenvalue weighted by atomic mass is 79.9. The molecule has 0 aliphatic rings. The van der Waals surface area contributed by atoms with Crippen molar-refractivity contribution in [2.45, 2.75) is 0 Å². The van der Waals surface area contributed by atoms with Gasteiger partial charge >= 0.3 is 0 Å². The van der Waals surface area contributed by atoms with Crippen molar-refractivity contribution >= 4 is 26.7 Å². The Morgan fingerprint density at radius 1 is 0.366 bits per heavy atom. The van der Waals surface area contributed by atoms with Gasteiger partial charge in [-0.05, 0) is 57.3 Å². The third-order valence-corrected chi connectivity index (χ3v) is 7.61. The Bertz CT molecular complexity index is 1950. The zero-order valence-electron chi connectivity index (χ0n) is 22.1. The zero-order chi connectivity index (χ0) is 27.6. The van der Waals surface area contributed by atoms with Crippen molar-refractivity contribution < 1.29 is 0 Å². The Balaban J connectivity index is 1.33. The van der Waals surface area contributed by atoms with E-state index in [-0.39, 0.29) is 0 Å². The summed E-state index contributed by atoms with van der Waals surface area (Å²) in [6.45, 7) is 0.